The van der Waals surface area contributed by atoms with Crippen molar-refractivity contribution in [1.82, 2.24) is 9.97 Å². The van der Waals surface area contributed by atoms with Crippen LogP contribution in [-0.4, -0.2) is 57.7 Å². The van der Waals surface area contributed by atoms with Crippen molar-refractivity contribution in [3.8, 4) is 5.75 Å². The van der Waals surface area contributed by atoms with Gasteiger partial charge >= 0.3 is 18.3 Å². The molecule has 356 valence electrons. The molecule has 68 heavy (non-hydrogen) atoms. The number of amides is 2. The summed E-state index contributed by atoms with van der Waals surface area (Å²) in [5.74, 6) is -1.15. The minimum atomic E-state index is -4.54. The number of hydrogen-bond donors (Lipinski definition) is 2. The number of aliphatic hydroxyl groups is 2. The van der Waals surface area contributed by atoms with Crippen LogP contribution in [0, 0.1) is 13.8 Å². The van der Waals surface area contributed by atoms with Crippen LogP contribution in [0.4, 0.5) is 37.7 Å². The number of aliphatic hydroxyl groups excluding tert-OH is 2. The first-order valence-electron chi connectivity index (χ1n) is 21.4. The Hall–Kier alpha value is -7.11. The smallest absolute Gasteiger partial charge is 0.433 e. The zero-order valence-electron chi connectivity index (χ0n) is 37.2. The molecular weight excluding hydrogens is 895 g/mol. The van der Waals surface area contributed by atoms with Crippen LogP contribution in [-0.2, 0) is 44.3 Å². The lowest BCUT2D eigenvalue weighted by molar-refractivity contribution is -0.153. The Bertz CT molecular complexity index is 2650. The number of fused-ring (bicyclic) bond motifs is 1. The standard InChI is InChI=1S/C26H25F3N2O3.C25H23F3N2O4/c1-17-9-12-23(15-18(17)2)31(14-13-22-11-10-21(16-30-22)26(27,28)29)25(33)24(34-19(3)32)20-7-5-4-6-8-20;26-25(27,28)22-9-6-16(15-29-22)10-12-30(24(33)23(32)17-4-2-1-3-5-17)18-7-8-21-19(14-18)20(31)11-13-34-21/h4-12,15-16,24H,13-14H2,1-3H3;1-9,14-15,20,23,31-32H,10-13H2/t24-;20-,23-/m00/s1. The van der Waals surface area contributed by atoms with Crippen LogP contribution in [0.1, 0.15) is 82.0 Å². The number of halogens is 6. The third-order valence-electron chi connectivity index (χ3n) is 11.1. The molecule has 3 heterocycles. The van der Waals surface area contributed by atoms with Crippen molar-refractivity contribution >= 4 is 29.2 Å². The Kier molecular flexibility index (Phi) is 16.4. The summed E-state index contributed by atoms with van der Waals surface area (Å²) in [6.07, 6.45) is -9.64. The molecule has 2 aromatic heterocycles. The number of aromatic nitrogens is 2. The zero-order chi connectivity index (χ0) is 49.2. The lowest BCUT2D eigenvalue weighted by Gasteiger charge is -2.28. The zero-order valence-corrected chi connectivity index (χ0v) is 37.2. The number of hydrogen-bond acceptors (Lipinski definition) is 9. The number of esters is 1. The van der Waals surface area contributed by atoms with Gasteiger partial charge in [-0.15, -0.1) is 0 Å². The highest BCUT2D eigenvalue weighted by molar-refractivity contribution is 5.98. The molecule has 3 atom stereocenters. The molecule has 0 bridgehead atoms. The lowest BCUT2D eigenvalue weighted by Crippen LogP contribution is -2.38. The monoisotopic (exact) mass is 942 g/mol. The summed E-state index contributed by atoms with van der Waals surface area (Å²) in [4.78, 5) is 49.0. The Morgan fingerprint density at radius 1 is 0.721 bits per heavy atom. The van der Waals surface area contributed by atoms with Gasteiger partial charge in [-0.1, -0.05) is 72.8 Å². The molecule has 2 amide bonds. The van der Waals surface area contributed by atoms with Crippen LogP contribution in [0.3, 0.4) is 0 Å². The third-order valence-corrected chi connectivity index (χ3v) is 11.1. The molecule has 7 rings (SSSR count). The van der Waals surface area contributed by atoms with E-state index in [9.17, 15) is 50.9 Å². The number of nitrogens with zero attached hydrogens (tertiary/aromatic N) is 4. The number of anilines is 2. The van der Waals surface area contributed by atoms with E-state index in [4.69, 9.17) is 9.47 Å². The van der Waals surface area contributed by atoms with Crippen molar-refractivity contribution in [2.24, 2.45) is 0 Å². The summed E-state index contributed by atoms with van der Waals surface area (Å²) < 4.78 is 87.9. The molecule has 0 aliphatic carbocycles. The van der Waals surface area contributed by atoms with E-state index in [0.29, 0.717) is 58.1 Å². The highest BCUT2D eigenvalue weighted by Gasteiger charge is 2.34. The van der Waals surface area contributed by atoms with Gasteiger partial charge in [0.2, 0.25) is 6.10 Å². The Balaban J connectivity index is 0.000000224. The number of ether oxygens (including phenoxy) is 2. The first-order chi connectivity index (χ1) is 32.3. The number of benzene rings is 4. The van der Waals surface area contributed by atoms with Gasteiger partial charge in [0.15, 0.2) is 6.10 Å². The summed E-state index contributed by atoms with van der Waals surface area (Å²) in [5.41, 5.74) is 3.57. The Morgan fingerprint density at radius 2 is 1.35 bits per heavy atom. The molecule has 0 saturated heterocycles. The van der Waals surface area contributed by atoms with E-state index < -0.39 is 59.7 Å². The van der Waals surface area contributed by atoms with Gasteiger partial charge in [0.25, 0.3) is 11.8 Å². The summed E-state index contributed by atoms with van der Waals surface area (Å²) in [6, 6.07) is 32.0. The van der Waals surface area contributed by atoms with Gasteiger partial charge in [0.05, 0.1) is 18.3 Å². The summed E-state index contributed by atoms with van der Waals surface area (Å²) in [7, 11) is 0. The minimum absolute atomic E-state index is 0.0749. The number of rotatable bonds is 13. The largest absolute Gasteiger partial charge is 0.493 e. The van der Waals surface area contributed by atoms with Crippen LogP contribution in [0.5, 0.6) is 5.75 Å². The molecule has 0 unspecified atom stereocenters. The first kappa shape index (κ1) is 50.3. The van der Waals surface area contributed by atoms with Gasteiger partial charge in [-0.3, -0.25) is 24.4 Å². The average Bonchev–Trinajstić information content (AvgIpc) is 3.32. The minimum Gasteiger partial charge on any atom is -0.493 e. The topological polar surface area (TPSA) is 142 Å². The molecule has 6 aromatic rings. The Labute approximate surface area is 388 Å². The number of aryl methyl sites for hydroxylation is 2. The predicted octanol–water partition coefficient (Wildman–Crippen LogP) is 9.82. The van der Waals surface area contributed by atoms with E-state index in [1.807, 2.05) is 26.0 Å². The van der Waals surface area contributed by atoms with Crippen molar-refractivity contribution < 1.29 is 60.4 Å². The van der Waals surface area contributed by atoms with E-state index in [-0.39, 0.29) is 25.9 Å². The van der Waals surface area contributed by atoms with Crippen LogP contribution in [0.15, 0.2) is 134 Å². The number of alkyl halides is 6. The summed E-state index contributed by atoms with van der Waals surface area (Å²) in [6.45, 7) is 5.68. The van der Waals surface area contributed by atoms with Crippen molar-refractivity contribution in [2.75, 3.05) is 29.5 Å². The van der Waals surface area contributed by atoms with E-state index in [1.165, 1.54) is 28.9 Å². The van der Waals surface area contributed by atoms with Crippen LogP contribution >= 0.6 is 0 Å². The molecule has 2 N–H and O–H groups in total. The molecule has 17 heteroatoms. The second-order valence-corrected chi connectivity index (χ2v) is 15.9. The predicted molar refractivity (Wildman–Crippen MR) is 240 cm³/mol. The maximum atomic E-state index is 13.7. The average molecular weight is 943 g/mol. The van der Waals surface area contributed by atoms with Gasteiger partial charge < -0.3 is 29.5 Å². The van der Waals surface area contributed by atoms with E-state index in [2.05, 4.69) is 9.97 Å². The normalized spacial score (nSPS) is 14.2. The fourth-order valence-corrected chi connectivity index (χ4v) is 7.23. The van der Waals surface area contributed by atoms with Gasteiger partial charge in [0.1, 0.15) is 11.4 Å². The molecule has 11 nitrogen and oxygen atoms in total. The number of carbonyl (C=O) groups excluding carboxylic acids is 3. The van der Waals surface area contributed by atoms with Gasteiger partial charge in [-0.05, 0) is 91.1 Å². The molecular formula is C51H48F6N4O7. The quantitative estimate of drug-likeness (QED) is 0.0855. The van der Waals surface area contributed by atoms with E-state index in [0.717, 1.165) is 35.7 Å². The van der Waals surface area contributed by atoms with Gasteiger partial charge in [-0.2, -0.15) is 26.3 Å². The first-order valence-corrected chi connectivity index (χ1v) is 21.4. The highest BCUT2D eigenvalue weighted by atomic mass is 19.4. The van der Waals surface area contributed by atoms with Crippen LogP contribution < -0.4 is 14.5 Å². The fraction of sp³-hybridized carbons (Fsp3) is 0.275. The molecule has 0 radical (unpaired) electrons. The van der Waals surface area contributed by atoms with Gasteiger partial charge in [0, 0.05) is 73.4 Å². The fourth-order valence-electron chi connectivity index (χ4n) is 7.23. The summed E-state index contributed by atoms with van der Waals surface area (Å²) in [5, 5.41) is 21.1. The van der Waals surface area contributed by atoms with Crippen molar-refractivity contribution in [3.05, 3.63) is 184 Å². The van der Waals surface area contributed by atoms with Crippen molar-refractivity contribution in [3.63, 3.8) is 0 Å². The molecule has 0 fully saturated rings. The highest BCUT2D eigenvalue weighted by Crippen LogP contribution is 2.36. The second kappa shape index (κ2) is 22.1. The maximum absolute atomic E-state index is 13.7. The molecule has 4 aromatic carbocycles. The van der Waals surface area contributed by atoms with Crippen molar-refractivity contribution in [2.45, 2.75) is 70.7 Å². The van der Waals surface area contributed by atoms with Crippen LogP contribution in [0.25, 0.3) is 0 Å². The molecule has 0 spiro atoms. The van der Waals surface area contributed by atoms with Crippen LogP contribution in [0.2, 0.25) is 0 Å². The molecule has 1 aliphatic heterocycles. The Morgan fingerprint density at radius 3 is 1.94 bits per heavy atom. The second-order valence-electron chi connectivity index (χ2n) is 15.9. The molecule has 0 saturated carbocycles. The lowest BCUT2D eigenvalue weighted by atomic mass is 10.0. The maximum Gasteiger partial charge on any atom is 0.433 e. The summed E-state index contributed by atoms with van der Waals surface area (Å²) >= 11 is 0. The van der Waals surface area contributed by atoms with E-state index >= 15 is 0 Å². The van der Waals surface area contributed by atoms with E-state index in [1.54, 1.807) is 84.9 Å². The number of pyridine rings is 2. The number of carbonyl (C=O) groups is 3. The SMILES string of the molecule is CC(=O)O[C@H](C(=O)N(CCc1ccc(C(F)(F)F)cn1)c1ccc(C)c(C)c1)c1ccccc1.O=C([C@@H](O)c1ccccc1)N(CCc1ccc(C(F)(F)F)nc1)c1ccc2c(c1)[C@@H](O)CCO2. The van der Waals surface area contributed by atoms with Crippen molar-refractivity contribution in [1.29, 1.82) is 0 Å². The third kappa shape index (κ3) is 13.1. The van der Waals surface area contributed by atoms with Gasteiger partial charge in [-0.25, -0.2) is 0 Å². The molecule has 1 aliphatic rings.